The molecule has 2 heterocycles. The van der Waals surface area contributed by atoms with Crippen LogP contribution in [0.4, 0.5) is 0 Å². The Labute approximate surface area is 220 Å². The summed E-state index contributed by atoms with van der Waals surface area (Å²) in [5.41, 5.74) is 8.48. The molecular weight excluding hydrogens is 456 g/mol. The second kappa shape index (κ2) is 11.2. The van der Waals surface area contributed by atoms with Gasteiger partial charge < -0.3 is 0 Å². The number of hydrogen-bond donors (Lipinski definition) is 0. The van der Waals surface area contributed by atoms with Gasteiger partial charge in [-0.15, -0.1) is 5.10 Å². The summed E-state index contributed by atoms with van der Waals surface area (Å²) in [6.07, 6.45) is 4.48. The smallest absolute Gasteiger partial charge is 0.178 e. The van der Waals surface area contributed by atoms with Crippen LogP contribution in [0.25, 0.3) is 11.8 Å². The Morgan fingerprint density at radius 3 is 2.22 bits per heavy atom. The molecule has 1 aliphatic rings. The van der Waals surface area contributed by atoms with Crippen LogP contribution in [0.3, 0.4) is 0 Å². The molecule has 1 fully saturated rings. The lowest BCUT2D eigenvalue weighted by Gasteiger charge is -2.38. The van der Waals surface area contributed by atoms with E-state index in [2.05, 4.69) is 132 Å². The van der Waals surface area contributed by atoms with Gasteiger partial charge in [-0.05, 0) is 71.5 Å². The topological polar surface area (TPSA) is 50.1 Å². The quantitative estimate of drug-likeness (QED) is 0.350. The van der Waals surface area contributed by atoms with Crippen molar-refractivity contribution in [2.75, 3.05) is 32.7 Å². The first-order valence-corrected chi connectivity index (χ1v) is 13.1. The Bertz CT molecular complexity index is 1350. The van der Waals surface area contributed by atoms with Crippen molar-refractivity contribution < 1.29 is 0 Å². The molecular formula is C31H36N6. The van der Waals surface area contributed by atoms with E-state index < -0.39 is 0 Å². The van der Waals surface area contributed by atoms with Gasteiger partial charge in [-0.3, -0.25) is 9.80 Å². The van der Waals surface area contributed by atoms with Crippen molar-refractivity contribution in [1.29, 1.82) is 0 Å². The van der Waals surface area contributed by atoms with Crippen molar-refractivity contribution in [2.24, 2.45) is 0 Å². The number of hydrogen-bond acceptors (Lipinski definition) is 5. The van der Waals surface area contributed by atoms with Crippen molar-refractivity contribution in [1.82, 2.24) is 30.0 Å². The molecule has 0 saturated carbocycles. The Morgan fingerprint density at radius 1 is 0.784 bits per heavy atom. The van der Waals surface area contributed by atoms with Gasteiger partial charge in [0.1, 0.15) is 0 Å². The van der Waals surface area contributed by atoms with Crippen LogP contribution >= 0.6 is 0 Å². The van der Waals surface area contributed by atoms with E-state index in [1.54, 1.807) is 0 Å². The van der Waals surface area contributed by atoms with Gasteiger partial charge in [0.05, 0.1) is 11.7 Å². The number of tetrazole rings is 1. The Hall–Kier alpha value is -3.61. The summed E-state index contributed by atoms with van der Waals surface area (Å²) < 4.78 is 1.96. The maximum Gasteiger partial charge on any atom is 0.178 e. The van der Waals surface area contributed by atoms with E-state index in [1.807, 2.05) is 4.68 Å². The molecule has 3 aromatic carbocycles. The molecule has 0 spiro atoms. The maximum absolute atomic E-state index is 4.62. The van der Waals surface area contributed by atoms with Crippen molar-refractivity contribution in [3.05, 3.63) is 112 Å². The lowest BCUT2D eigenvalue weighted by atomic mass is 9.98. The fourth-order valence-electron chi connectivity index (χ4n) is 5.23. The number of aryl methyl sites for hydroxylation is 4. The maximum atomic E-state index is 4.62. The highest BCUT2D eigenvalue weighted by molar-refractivity contribution is 5.49. The highest BCUT2D eigenvalue weighted by Gasteiger charge is 2.31. The molecule has 0 N–H and O–H groups in total. The largest absolute Gasteiger partial charge is 0.297 e. The highest BCUT2D eigenvalue weighted by atomic mass is 15.6. The second-order valence-electron chi connectivity index (χ2n) is 10.1. The normalized spacial score (nSPS) is 15.9. The van der Waals surface area contributed by atoms with Crippen molar-refractivity contribution in [3.63, 3.8) is 0 Å². The lowest BCUT2D eigenvalue weighted by molar-refractivity contribution is 0.113. The zero-order chi connectivity index (χ0) is 25.8. The van der Waals surface area contributed by atoms with Gasteiger partial charge in [-0.1, -0.05) is 78.9 Å². The van der Waals surface area contributed by atoms with E-state index >= 15 is 0 Å². The summed E-state index contributed by atoms with van der Waals surface area (Å²) in [6, 6.07) is 23.6. The molecule has 1 unspecified atom stereocenters. The number of rotatable bonds is 7. The molecule has 0 bridgehead atoms. The minimum Gasteiger partial charge on any atom is -0.297 e. The fourth-order valence-corrected chi connectivity index (χ4v) is 5.23. The van der Waals surface area contributed by atoms with Crippen LogP contribution < -0.4 is 0 Å². The Morgan fingerprint density at radius 2 is 1.51 bits per heavy atom. The van der Waals surface area contributed by atoms with Crippen LogP contribution in [0.5, 0.6) is 0 Å². The molecule has 4 aromatic rings. The molecule has 1 aliphatic heterocycles. The summed E-state index contributed by atoms with van der Waals surface area (Å²) in [5, 5.41) is 13.3. The minimum atomic E-state index is -0.0182. The average molecular weight is 493 g/mol. The fraction of sp³-hybridized carbons (Fsp3) is 0.323. The summed E-state index contributed by atoms with van der Waals surface area (Å²) >= 11 is 0. The van der Waals surface area contributed by atoms with Crippen LogP contribution in [-0.2, 0) is 0 Å². The van der Waals surface area contributed by atoms with E-state index in [0.717, 1.165) is 44.2 Å². The van der Waals surface area contributed by atoms with Crippen molar-refractivity contribution >= 4 is 6.08 Å². The monoisotopic (exact) mass is 492 g/mol. The molecule has 6 nitrogen and oxygen atoms in total. The molecule has 0 aliphatic carbocycles. The Kier molecular flexibility index (Phi) is 7.58. The third-order valence-corrected chi connectivity index (χ3v) is 7.48. The van der Waals surface area contributed by atoms with Gasteiger partial charge >= 0.3 is 0 Å². The van der Waals surface area contributed by atoms with E-state index in [1.165, 1.54) is 33.4 Å². The van der Waals surface area contributed by atoms with Gasteiger partial charge in [0.15, 0.2) is 5.82 Å². The molecule has 1 aromatic heterocycles. The van der Waals surface area contributed by atoms with Gasteiger partial charge in [0.25, 0.3) is 0 Å². The number of aromatic nitrogens is 4. The number of nitrogens with zero attached hydrogens (tertiary/aromatic N) is 6. The second-order valence-corrected chi connectivity index (χ2v) is 10.1. The zero-order valence-electron chi connectivity index (χ0n) is 22.3. The van der Waals surface area contributed by atoms with Crippen LogP contribution in [0.1, 0.15) is 45.2 Å². The molecule has 190 valence electrons. The third-order valence-electron chi connectivity index (χ3n) is 7.48. The first-order valence-electron chi connectivity index (χ1n) is 13.1. The van der Waals surface area contributed by atoms with Crippen LogP contribution in [0.15, 0.2) is 72.8 Å². The van der Waals surface area contributed by atoms with Crippen LogP contribution in [0.2, 0.25) is 0 Å². The summed E-state index contributed by atoms with van der Waals surface area (Å²) in [4.78, 5) is 5.05. The first-order chi connectivity index (χ1) is 18.0. The lowest BCUT2D eigenvalue weighted by Crippen LogP contribution is -2.48. The summed E-state index contributed by atoms with van der Waals surface area (Å²) in [6.45, 7) is 13.5. The van der Waals surface area contributed by atoms with E-state index in [0.29, 0.717) is 0 Å². The Balaban J connectivity index is 1.41. The number of para-hydroxylation sites is 1. The molecule has 5 rings (SSSR count). The first kappa shape index (κ1) is 25.1. The molecule has 0 radical (unpaired) electrons. The van der Waals surface area contributed by atoms with Gasteiger partial charge in [0.2, 0.25) is 0 Å². The molecule has 1 saturated heterocycles. The van der Waals surface area contributed by atoms with Crippen LogP contribution in [-0.4, -0.2) is 62.7 Å². The van der Waals surface area contributed by atoms with Gasteiger partial charge in [-0.25, -0.2) is 0 Å². The van der Waals surface area contributed by atoms with E-state index in [9.17, 15) is 0 Å². The van der Waals surface area contributed by atoms with Gasteiger partial charge in [-0.2, -0.15) is 4.68 Å². The summed E-state index contributed by atoms with van der Waals surface area (Å²) in [7, 11) is 0. The number of benzene rings is 3. The SMILES string of the molecule is Cc1ccc(C(c2nnnn2-c2c(C)cccc2C)N2CCN(C/C=C/c3ccccc3)CC2)cc1C. The minimum absolute atomic E-state index is 0.0182. The predicted molar refractivity (Wildman–Crippen MR) is 150 cm³/mol. The van der Waals surface area contributed by atoms with Crippen molar-refractivity contribution in [2.45, 2.75) is 33.7 Å². The zero-order valence-corrected chi connectivity index (χ0v) is 22.3. The molecule has 6 heteroatoms. The van der Waals surface area contributed by atoms with Crippen molar-refractivity contribution in [3.8, 4) is 5.69 Å². The third kappa shape index (κ3) is 5.55. The van der Waals surface area contributed by atoms with Crippen LogP contribution in [0, 0.1) is 27.7 Å². The van der Waals surface area contributed by atoms with Gasteiger partial charge in [0, 0.05) is 32.7 Å². The molecule has 37 heavy (non-hydrogen) atoms. The van der Waals surface area contributed by atoms with E-state index in [4.69, 9.17) is 0 Å². The molecule has 0 amide bonds. The highest BCUT2D eigenvalue weighted by Crippen LogP contribution is 2.31. The summed E-state index contributed by atoms with van der Waals surface area (Å²) in [5.74, 6) is 0.873. The standard InChI is InChI=1S/C31H36N6/c1-23-15-16-28(22-26(23)4)30(31-32-33-34-37(31)29-24(2)10-8-11-25(29)3)36-20-18-35(19-21-36)17-9-14-27-12-6-5-7-13-27/h5-16,22,30H,17-21H2,1-4H3/b14-9+. The van der Waals surface area contributed by atoms with E-state index in [-0.39, 0.29) is 6.04 Å². The number of piperazine rings is 1. The molecule has 1 atom stereocenters. The average Bonchev–Trinajstić information content (AvgIpc) is 3.36. The predicted octanol–water partition coefficient (Wildman–Crippen LogP) is 5.32.